The number of amides is 1. The van der Waals surface area contributed by atoms with Gasteiger partial charge in [0.1, 0.15) is 5.70 Å². The molecule has 2 aromatic carbocycles. The Labute approximate surface area is 116 Å². The molecule has 0 spiro atoms. The first kappa shape index (κ1) is 13.8. The molecule has 0 aliphatic rings. The van der Waals surface area contributed by atoms with Crippen molar-refractivity contribution in [1.82, 2.24) is 5.32 Å². The van der Waals surface area contributed by atoms with Gasteiger partial charge >= 0.3 is 5.97 Å². The lowest BCUT2D eigenvalue weighted by Gasteiger charge is -2.08. The average Bonchev–Trinajstić information content (AvgIpc) is 2.40. The van der Waals surface area contributed by atoms with E-state index in [9.17, 15) is 9.59 Å². The van der Waals surface area contributed by atoms with Gasteiger partial charge in [-0.1, -0.05) is 36.4 Å². The van der Waals surface area contributed by atoms with Gasteiger partial charge in [0.15, 0.2) is 0 Å². The van der Waals surface area contributed by atoms with E-state index in [-0.39, 0.29) is 5.70 Å². The highest BCUT2D eigenvalue weighted by Gasteiger charge is 2.10. The number of carboxylic acids is 1. The van der Waals surface area contributed by atoms with Crippen molar-refractivity contribution in [2.24, 2.45) is 0 Å². The molecule has 0 heterocycles. The number of hydrogen-bond donors (Lipinski definition) is 2. The zero-order valence-electron chi connectivity index (χ0n) is 11.3. The Hall–Kier alpha value is -2.62. The molecule has 2 aromatic rings. The Kier molecular flexibility index (Phi) is 3.84. The molecule has 0 bridgehead atoms. The van der Waals surface area contributed by atoms with E-state index in [1.807, 2.05) is 43.3 Å². The Morgan fingerprint density at radius 2 is 1.75 bits per heavy atom. The van der Waals surface area contributed by atoms with Crippen molar-refractivity contribution >= 4 is 28.7 Å². The van der Waals surface area contributed by atoms with Gasteiger partial charge in [0.2, 0.25) is 5.91 Å². The number of aliphatic carboxylic acids is 1. The van der Waals surface area contributed by atoms with Crippen molar-refractivity contribution in [2.75, 3.05) is 0 Å². The minimum absolute atomic E-state index is 0.133. The Morgan fingerprint density at radius 1 is 1.10 bits per heavy atom. The van der Waals surface area contributed by atoms with Gasteiger partial charge in [-0.2, -0.15) is 0 Å². The topological polar surface area (TPSA) is 66.4 Å². The molecule has 2 rings (SSSR count). The molecule has 102 valence electrons. The fourth-order valence-corrected chi connectivity index (χ4v) is 2.10. The maximum Gasteiger partial charge on any atom is 0.352 e. The van der Waals surface area contributed by atoms with Crippen LogP contribution >= 0.6 is 0 Å². The summed E-state index contributed by atoms with van der Waals surface area (Å²) in [5.41, 5.74) is 1.75. The molecule has 0 aliphatic heterocycles. The fraction of sp³-hybridized carbons (Fsp3) is 0.125. The summed E-state index contributed by atoms with van der Waals surface area (Å²) in [7, 11) is 0. The molecule has 0 saturated heterocycles. The zero-order valence-corrected chi connectivity index (χ0v) is 11.3. The molecule has 2 N–H and O–H groups in total. The maximum atomic E-state index is 11.2. The number of rotatable bonds is 3. The highest BCUT2D eigenvalue weighted by molar-refractivity contribution is 6.00. The van der Waals surface area contributed by atoms with Crippen LogP contribution in [-0.4, -0.2) is 17.0 Å². The molecule has 0 aromatic heterocycles. The third-order valence-corrected chi connectivity index (χ3v) is 3.02. The largest absolute Gasteiger partial charge is 0.477 e. The van der Waals surface area contributed by atoms with Gasteiger partial charge in [0.05, 0.1) is 0 Å². The molecule has 0 atom stereocenters. The standard InChI is InChI=1S/C16H15NO3/c1-10-7-8-12(14-6-4-3-5-13(10)14)9-15(16(19)20)17-11(2)18/h3-9H,1-2H3,(H,17,18)(H,19,20)/b15-9+. The quantitative estimate of drug-likeness (QED) is 0.842. The third-order valence-electron chi connectivity index (χ3n) is 3.02. The van der Waals surface area contributed by atoms with Crippen LogP contribution in [0.15, 0.2) is 42.1 Å². The molecule has 0 saturated carbocycles. The number of carbonyl (C=O) groups excluding carboxylic acids is 1. The molecule has 4 nitrogen and oxygen atoms in total. The number of benzene rings is 2. The van der Waals surface area contributed by atoms with Gasteiger partial charge in [-0.25, -0.2) is 4.79 Å². The van der Waals surface area contributed by atoms with Gasteiger partial charge < -0.3 is 10.4 Å². The number of carboxylic acid groups (broad SMARTS) is 1. The number of fused-ring (bicyclic) bond motifs is 1. The van der Waals surface area contributed by atoms with Crippen LogP contribution in [0.25, 0.3) is 16.8 Å². The summed E-state index contributed by atoms with van der Waals surface area (Å²) in [6, 6.07) is 11.5. The van der Waals surface area contributed by atoms with Crippen LogP contribution in [0.2, 0.25) is 0 Å². The minimum atomic E-state index is -1.16. The molecule has 0 unspecified atom stereocenters. The van der Waals surface area contributed by atoms with Gasteiger partial charge in [0, 0.05) is 6.92 Å². The highest BCUT2D eigenvalue weighted by Crippen LogP contribution is 2.23. The first-order valence-corrected chi connectivity index (χ1v) is 6.20. The van der Waals surface area contributed by atoms with Crippen molar-refractivity contribution in [2.45, 2.75) is 13.8 Å². The first-order valence-electron chi connectivity index (χ1n) is 6.20. The van der Waals surface area contributed by atoms with Gasteiger partial charge in [-0.3, -0.25) is 4.79 Å². The summed E-state index contributed by atoms with van der Waals surface area (Å²) >= 11 is 0. The van der Waals surface area contributed by atoms with E-state index in [4.69, 9.17) is 5.11 Å². The van der Waals surface area contributed by atoms with E-state index < -0.39 is 11.9 Å². The normalized spacial score (nSPS) is 11.4. The van der Waals surface area contributed by atoms with Crippen LogP contribution in [0, 0.1) is 6.92 Å². The predicted octanol–water partition coefficient (Wildman–Crippen LogP) is 2.71. The SMILES string of the molecule is CC(=O)N/C(=C/c1ccc(C)c2ccccc12)C(=O)O. The number of nitrogens with one attached hydrogen (secondary N) is 1. The second kappa shape index (κ2) is 5.57. The molecular weight excluding hydrogens is 254 g/mol. The summed E-state index contributed by atoms with van der Waals surface area (Å²) in [5.74, 6) is -1.57. The van der Waals surface area contributed by atoms with Crippen LogP contribution < -0.4 is 5.32 Å². The molecule has 0 aliphatic carbocycles. The summed E-state index contributed by atoms with van der Waals surface area (Å²) < 4.78 is 0. The second-order valence-electron chi connectivity index (χ2n) is 4.56. The summed E-state index contributed by atoms with van der Waals surface area (Å²) in [6.07, 6.45) is 1.48. The van der Waals surface area contributed by atoms with Crippen molar-refractivity contribution in [3.8, 4) is 0 Å². The van der Waals surface area contributed by atoms with E-state index in [0.29, 0.717) is 0 Å². The fourth-order valence-electron chi connectivity index (χ4n) is 2.10. The van der Waals surface area contributed by atoms with Gasteiger partial charge in [0.25, 0.3) is 0 Å². The maximum absolute atomic E-state index is 11.2. The Morgan fingerprint density at radius 3 is 2.35 bits per heavy atom. The lowest BCUT2D eigenvalue weighted by Crippen LogP contribution is -2.24. The molecule has 20 heavy (non-hydrogen) atoms. The van der Waals surface area contributed by atoms with E-state index in [2.05, 4.69) is 5.32 Å². The second-order valence-corrected chi connectivity index (χ2v) is 4.56. The summed E-state index contributed by atoms with van der Waals surface area (Å²) in [4.78, 5) is 22.2. The summed E-state index contributed by atoms with van der Waals surface area (Å²) in [5, 5.41) is 13.5. The number of aryl methyl sites for hydroxylation is 1. The molecule has 0 fully saturated rings. The van der Waals surface area contributed by atoms with Gasteiger partial charge in [-0.15, -0.1) is 0 Å². The van der Waals surface area contributed by atoms with Crippen molar-refractivity contribution < 1.29 is 14.7 Å². The minimum Gasteiger partial charge on any atom is -0.477 e. The predicted molar refractivity (Wildman–Crippen MR) is 78.1 cm³/mol. The van der Waals surface area contributed by atoms with E-state index in [0.717, 1.165) is 21.9 Å². The Balaban J connectivity index is 2.60. The van der Waals surface area contributed by atoms with Crippen LogP contribution in [0.4, 0.5) is 0 Å². The summed E-state index contributed by atoms with van der Waals surface area (Å²) in [6.45, 7) is 3.28. The molecule has 4 heteroatoms. The monoisotopic (exact) mass is 269 g/mol. The average molecular weight is 269 g/mol. The molecular formula is C16H15NO3. The van der Waals surface area contributed by atoms with Crippen LogP contribution in [0.5, 0.6) is 0 Å². The number of hydrogen-bond acceptors (Lipinski definition) is 2. The van der Waals surface area contributed by atoms with E-state index in [1.54, 1.807) is 0 Å². The van der Waals surface area contributed by atoms with Gasteiger partial charge in [-0.05, 0) is 34.9 Å². The van der Waals surface area contributed by atoms with Crippen molar-refractivity contribution in [1.29, 1.82) is 0 Å². The smallest absolute Gasteiger partial charge is 0.352 e. The first-order chi connectivity index (χ1) is 9.49. The van der Waals surface area contributed by atoms with Crippen molar-refractivity contribution in [3.63, 3.8) is 0 Å². The van der Waals surface area contributed by atoms with E-state index >= 15 is 0 Å². The molecule has 0 radical (unpaired) electrons. The van der Waals surface area contributed by atoms with Crippen LogP contribution in [0.1, 0.15) is 18.1 Å². The lowest BCUT2D eigenvalue weighted by atomic mass is 9.99. The highest BCUT2D eigenvalue weighted by atomic mass is 16.4. The van der Waals surface area contributed by atoms with Crippen molar-refractivity contribution in [3.05, 3.63) is 53.2 Å². The number of carbonyl (C=O) groups is 2. The van der Waals surface area contributed by atoms with E-state index in [1.165, 1.54) is 13.0 Å². The lowest BCUT2D eigenvalue weighted by molar-refractivity contribution is -0.134. The third kappa shape index (κ3) is 2.85. The van der Waals surface area contributed by atoms with Crippen LogP contribution in [-0.2, 0) is 9.59 Å². The Bertz CT molecular complexity index is 717. The zero-order chi connectivity index (χ0) is 14.7. The molecule has 1 amide bonds. The van der Waals surface area contributed by atoms with Crippen LogP contribution in [0.3, 0.4) is 0 Å².